The van der Waals surface area contributed by atoms with Crippen LogP contribution in [0.2, 0.25) is 0 Å². The van der Waals surface area contributed by atoms with Crippen molar-refractivity contribution in [2.75, 3.05) is 0 Å². The molecular weight excluding hydrogens is 182 g/mol. The van der Waals surface area contributed by atoms with E-state index in [0.717, 1.165) is 10.7 Å². The summed E-state index contributed by atoms with van der Waals surface area (Å²) < 4.78 is 0. The summed E-state index contributed by atoms with van der Waals surface area (Å²) in [6, 6.07) is 0. The van der Waals surface area contributed by atoms with Gasteiger partial charge in [0.2, 0.25) is 0 Å². The van der Waals surface area contributed by atoms with Crippen LogP contribution in [0.5, 0.6) is 0 Å². The molecule has 0 bridgehead atoms. The summed E-state index contributed by atoms with van der Waals surface area (Å²) in [7, 11) is 0. The molecule has 1 heterocycles. The van der Waals surface area contributed by atoms with E-state index in [4.69, 9.17) is 0 Å². The van der Waals surface area contributed by atoms with E-state index in [0.29, 0.717) is 5.92 Å². The first-order valence-electron chi connectivity index (χ1n) is 4.65. The highest BCUT2D eigenvalue weighted by Gasteiger charge is 2.16. The molecule has 0 fully saturated rings. The van der Waals surface area contributed by atoms with Crippen LogP contribution < -0.4 is 0 Å². The first kappa shape index (κ1) is 10.7. The fraction of sp³-hybridized carbons (Fsp3) is 0.700. The maximum atomic E-state index is 9.74. The molecule has 1 N–H and O–H groups in total. The largest absolute Gasteiger partial charge is 0.386 e. The molecule has 0 spiro atoms. The Hall–Kier alpha value is -0.410. The van der Waals surface area contributed by atoms with E-state index in [9.17, 15) is 5.11 Å². The lowest BCUT2D eigenvalue weighted by Gasteiger charge is -2.10. The predicted molar refractivity (Wildman–Crippen MR) is 56.0 cm³/mol. The van der Waals surface area contributed by atoms with Gasteiger partial charge in [0.15, 0.2) is 0 Å². The Labute approximate surface area is 83.6 Å². The molecule has 1 aromatic rings. The topological polar surface area (TPSA) is 33.1 Å². The van der Waals surface area contributed by atoms with Gasteiger partial charge in [-0.25, -0.2) is 4.98 Å². The Bertz CT molecular complexity index is 268. The third-order valence-electron chi connectivity index (χ3n) is 2.02. The van der Waals surface area contributed by atoms with Gasteiger partial charge in [0.25, 0.3) is 0 Å². The number of hydrogen-bond donors (Lipinski definition) is 1. The van der Waals surface area contributed by atoms with Crippen LogP contribution >= 0.6 is 11.3 Å². The smallest absolute Gasteiger partial charge is 0.122 e. The second-order valence-electron chi connectivity index (χ2n) is 3.95. The second kappa shape index (κ2) is 4.20. The Morgan fingerprint density at radius 3 is 2.31 bits per heavy atom. The van der Waals surface area contributed by atoms with E-state index in [-0.39, 0.29) is 5.92 Å². The molecule has 0 radical (unpaired) electrons. The summed E-state index contributed by atoms with van der Waals surface area (Å²) in [4.78, 5) is 4.40. The van der Waals surface area contributed by atoms with Crippen LogP contribution in [0.25, 0.3) is 0 Å². The Balaban J connectivity index is 2.79. The molecule has 3 heteroatoms. The maximum Gasteiger partial charge on any atom is 0.122 e. The van der Waals surface area contributed by atoms with Gasteiger partial charge in [0.05, 0.1) is 5.69 Å². The van der Waals surface area contributed by atoms with Crippen molar-refractivity contribution in [3.05, 3.63) is 16.1 Å². The Kier molecular flexibility index (Phi) is 3.45. The van der Waals surface area contributed by atoms with Gasteiger partial charge in [-0.1, -0.05) is 27.7 Å². The molecular formula is C10H17NOS. The molecule has 0 aromatic carbocycles. The van der Waals surface area contributed by atoms with Crippen molar-refractivity contribution in [3.63, 3.8) is 0 Å². The number of aromatic nitrogens is 1. The lowest BCUT2D eigenvalue weighted by Crippen LogP contribution is -2.05. The number of nitrogens with zero attached hydrogens (tertiary/aromatic N) is 1. The van der Waals surface area contributed by atoms with Crippen molar-refractivity contribution in [1.29, 1.82) is 0 Å². The predicted octanol–water partition coefficient (Wildman–Crippen LogP) is 2.96. The van der Waals surface area contributed by atoms with Crippen molar-refractivity contribution in [3.8, 4) is 0 Å². The zero-order chi connectivity index (χ0) is 10.0. The highest BCUT2D eigenvalue weighted by Crippen LogP contribution is 2.26. The highest BCUT2D eigenvalue weighted by molar-refractivity contribution is 7.09. The van der Waals surface area contributed by atoms with Crippen LogP contribution in [0, 0.1) is 5.92 Å². The average molecular weight is 199 g/mol. The quantitative estimate of drug-likeness (QED) is 0.812. The molecule has 0 amide bonds. The van der Waals surface area contributed by atoms with Gasteiger partial charge < -0.3 is 5.11 Å². The lowest BCUT2D eigenvalue weighted by molar-refractivity contribution is 0.126. The van der Waals surface area contributed by atoms with Crippen molar-refractivity contribution >= 4 is 11.3 Å². The number of thiazole rings is 1. The van der Waals surface area contributed by atoms with Gasteiger partial charge >= 0.3 is 0 Å². The van der Waals surface area contributed by atoms with Crippen molar-refractivity contribution in [1.82, 2.24) is 4.98 Å². The summed E-state index contributed by atoms with van der Waals surface area (Å²) in [5, 5.41) is 12.6. The first-order chi connectivity index (χ1) is 6.02. The van der Waals surface area contributed by atoms with E-state index in [2.05, 4.69) is 18.8 Å². The molecule has 0 unspecified atom stereocenters. The van der Waals surface area contributed by atoms with E-state index in [1.54, 1.807) is 11.3 Å². The van der Waals surface area contributed by atoms with Crippen LogP contribution in [0.1, 0.15) is 50.4 Å². The molecule has 13 heavy (non-hydrogen) atoms. The van der Waals surface area contributed by atoms with Crippen LogP contribution in [0.3, 0.4) is 0 Å². The lowest BCUT2D eigenvalue weighted by atomic mass is 10.1. The van der Waals surface area contributed by atoms with Gasteiger partial charge in [-0.15, -0.1) is 11.3 Å². The van der Waals surface area contributed by atoms with Gasteiger partial charge in [0, 0.05) is 5.38 Å². The van der Waals surface area contributed by atoms with Gasteiger partial charge in [-0.05, 0) is 11.8 Å². The zero-order valence-corrected chi connectivity index (χ0v) is 9.43. The standard InChI is InChI=1S/C10H17NOS/c1-6(2)8-5-13-10(11-8)9(12)7(3)4/h5-7,9,12H,1-4H3/t9-/m1/s1. The third kappa shape index (κ3) is 2.51. The normalized spacial score (nSPS) is 14.1. The van der Waals surface area contributed by atoms with E-state index in [1.165, 1.54) is 0 Å². The number of aliphatic hydroxyl groups is 1. The molecule has 0 saturated heterocycles. The number of aliphatic hydroxyl groups excluding tert-OH is 1. The Morgan fingerprint density at radius 2 is 1.92 bits per heavy atom. The minimum absolute atomic E-state index is 0.242. The molecule has 0 saturated carbocycles. The monoisotopic (exact) mass is 199 g/mol. The SMILES string of the molecule is CC(C)c1csc([C@H](O)C(C)C)n1. The maximum absolute atomic E-state index is 9.74. The summed E-state index contributed by atoms with van der Waals surface area (Å²) in [5.41, 5.74) is 1.08. The molecule has 1 rings (SSSR count). The van der Waals surface area contributed by atoms with Gasteiger partial charge in [0.1, 0.15) is 11.1 Å². The molecule has 1 aromatic heterocycles. The summed E-state index contributed by atoms with van der Waals surface area (Å²) in [5.74, 6) is 0.690. The van der Waals surface area contributed by atoms with Crippen molar-refractivity contribution < 1.29 is 5.11 Å². The fourth-order valence-electron chi connectivity index (χ4n) is 0.987. The summed E-state index contributed by atoms with van der Waals surface area (Å²) >= 11 is 1.55. The van der Waals surface area contributed by atoms with Crippen LogP contribution in [-0.4, -0.2) is 10.1 Å². The molecule has 1 atom stereocenters. The minimum atomic E-state index is -0.405. The molecule has 2 nitrogen and oxygen atoms in total. The Morgan fingerprint density at radius 1 is 1.31 bits per heavy atom. The molecule has 74 valence electrons. The van der Waals surface area contributed by atoms with Crippen molar-refractivity contribution in [2.24, 2.45) is 5.92 Å². The van der Waals surface area contributed by atoms with Crippen LogP contribution in [0.15, 0.2) is 5.38 Å². The van der Waals surface area contributed by atoms with Gasteiger partial charge in [-0.3, -0.25) is 0 Å². The van der Waals surface area contributed by atoms with Gasteiger partial charge in [-0.2, -0.15) is 0 Å². The zero-order valence-electron chi connectivity index (χ0n) is 8.61. The van der Waals surface area contributed by atoms with E-state index in [1.807, 2.05) is 19.2 Å². The highest BCUT2D eigenvalue weighted by atomic mass is 32.1. The van der Waals surface area contributed by atoms with E-state index < -0.39 is 6.10 Å². The minimum Gasteiger partial charge on any atom is -0.386 e. The van der Waals surface area contributed by atoms with Crippen LogP contribution in [0.4, 0.5) is 0 Å². The third-order valence-corrected chi connectivity index (χ3v) is 2.95. The average Bonchev–Trinajstić information content (AvgIpc) is 2.50. The molecule has 0 aliphatic carbocycles. The first-order valence-corrected chi connectivity index (χ1v) is 5.53. The number of rotatable bonds is 3. The number of hydrogen-bond acceptors (Lipinski definition) is 3. The van der Waals surface area contributed by atoms with Crippen molar-refractivity contribution in [2.45, 2.75) is 39.7 Å². The molecule has 0 aliphatic rings. The fourth-order valence-corrected chi connectivity index (χ4v) is 2.12. The van der Waals surface area contributed by atoms with E-state index >= 15 is 0 Å². The molecule has 0 aliphatic heterocycles. The second-order valence-corrected chi connectivity index (χ2v) is 4.84. The summed E-state index contributed by atoms with van der Waals surface area (Å²) in [6.45, 7) is 8.23. The van der Waals surface area contributed by atoms with Crippen LogP contribution in [-0.2, 0) is 0 Å². The summed E-state index contributed by atoms with van der Waals surface area (Å²) in [6.07, 6.45) is -0.405.